The van der Waals surface area contributed by atoms with Gasteiger partial charge in [-0.05, 0) is 50.2 Å². The van der Waals surface area contributed by atoms with E-state index in [2.05, 4.69) is 20.6 Å². The number of carbonyl (C=O) groups is 1. The number of aryl methyl sites for hydroxylation is 2. The van der Waals surface area contributed by atoms with Crippen molar-refractivity contribution in [2.75, 3.05) is 10.6 Å². The van der Waals surface area contributed by atoms with Gasteiger partial charge < -0.3 is 15.7 Å². The second-order valence-electron chi connectivity index (χ2n) is 6.81. The fourth-order valence-corrected chi connectivity index (χ4v) is 3.25. The lowest BCUT2D eigenvalue weighted by molar-refractivity contribution is 0.102. The van der Waals surface area contributed by atoms with Crippen LogP contribution in [0.25, 0.3) is 10.8 Å². The summed E-state index contributed by atoms with van der Waals surface area (Å²) in [5, 5.41) is 17.6. The minimum atomic E-state index is -0.245. The van der Waals surface area contributed by atoms with Gasteiger partial charge in [-0.2, -0.15) is 0 Å². The number of carbonyl (C=O) groups excluding carboxylic acids is 1. The Morgan fingerprint density at radius 1 is 0.862 bits per heavy atom. The highest BCUT2D eigenvalue weighted by atomic mass is 16.3. The quantitative estimate of drug-likeness (QED) is 0.463. The second kappa shape index (κ2) is 7.59. The average Bonchev–Trinajstić information content (AvgIpc) is 2.68. The summed E-state index contributed by atoms with van der Waals surface area (Å²) < 4.78 is 0. The van der Waals surface area contributed by atoms with Crippen LogP contribution in [-0.2, 0) is 0 Å². The maximum atomic E-state index is 12.8. The Morgan fingerprint density at radius 2 is 1.55 bits per heavy atom. The Labute approximate surface area is 168 Å². The van der Waals surface area contributed by atoms with E-state index in [0.29, 0.717) is 22.6 Å². The molecule has 1 amide bonds. The highest BCUT2D eigenvalue weighted by Gasteiger charge is 2.11. The molecule has 3 N–H and O–H groups in total. The molecule has 0 aliphatic heterocycles. The summed E-state index contributed by atoms with van der Waals surface area (Å²) in [6, 6.07) is 19.7. The molecule has 0 fully saturated rings. The van der Waals surface area contributed by atoms with E-state index in [1.54, 1.807) is 36.4 Å². The molecule has 0 aliphatic rings. The number of nitrogens with one attached hydrogen (secondary N) is 2. The third-order valence-corrected chi connectivity index (χ3v) is 4.51. The van der Waals surface area contributed by atoms with Crippen molar-refractivity contribution in [3.8, 4) is 5.75 Å². The van der Waals surface area contributed by atoms with Gasteiger partial charge >= 0.3 is 0 Å². The normalized spacial score (nSPS) is 10.7. The lowest BCUT2D eigenvalue weighted by Gasteiger charge is -2.11. The summed E-state index contributed by atoms with van der Waals surface area (Å²) in [6.07, 6.45) is 0. The molecule has 6 heteroatoms. The molecule has 144 valence electrons. The number of phenolic OH excluding ortho intramolecular Hbond substituents is 1. The SMILES string of the molecule is Cc1cc(C)nc(Nc2cccc(C(=O)Nc3cccc4c(O)cccc34)c2)n1. The number of nitrogens with zero attached hydrogens (tertiary/aromatic N) is 2. The van der Waals surface area contributed by atoms with Crippen molar-refractivity contribution in [3.05, 3.63) is 83.7 Å². The summed E-state index contributed by atoms with van der Waals surface area (Å²) in [6.45, 7) is 3.82. The number of aromatic nitrogens is 2. The molecule has 0 aliphatic carbocycles. The monoisotopic (exact) mass is 384 g/mol. The van der Waals surface area contributed by atoms with Gasteiger partial charge in [-0.15, -0.1) is 0 Å². The molecule has 4 aromatic rings. The van der Waals surface area contributed by atoms with Gasteiger partial charge in [0.05, 0.1) is 0 Å². The maximum absolute atomic E-state index is 12.8. The summed E-state index contributed by atoms with van der Waals surface area (Å²) in [4.78, 5) is 21.6. The van der Waals surface area contributed by atoms with Crippen LogP contribution in [-0.4, -0.2) is 21.0 Å². The molecule has 29 heavy (non-hydrogen) atoms. The maximum Gasteiger partial charge on any atom is 0.255 e. The van der Waals surface area contributed by atoms with Gasteiger partial charge in [-0.25, -0.2) is 9.97 Å². The number of aromatic hydroxyl groups is 1. The molecule has 0 bridgehead atoms. The minimum Gasteiger partial charge on any atom is -0.507 e. The zero-order chi connectivity index (χ0) is 20.4. The van der Waals surface area contributed by atoms with Gasteiger partial charge in [0.15, 0.2) is 0 Å². The summed E-state index contributed by atoms with van der Waals surface area (Å²) in [5.74, 6) is 0.425. The minimum absolute atomic E-state index is 0.179. The third kappa shape index (κ3) is 4.01. The van der Waals surface area contributed by atoms with Gasteiger partial charge in [-0.1, -0.05) is 30.3 Å². The molecule has 0 saturated carbocycles. The number of phenols is 1. The topological polar surface area (TPSA) is 87.1 Å². The highest BCUT2D eigenvalue weighted by Crippen LogP contribution is 2.30. The fraction of sp³-hybridized carbons (Fsp3) is 0.0870. The van der Waals surface area contributed by atoms with E-state index in [1.165, 1.54) is 0 Å². The number of fused-ring (bicyclic) bond motifs is 1. The van der Waals surface area contributed by atoms with Crippen molar-refractivity contribution in [1.29, 1.82) is 0 Å². The molecule has 0 spiro atoms. The van der Waals surface area contributed by atoms with Crippen LogP contribution in [0.1, 0.15) is 21.7 Å². The summed E-state index contributed by atoms with van der Waals surface area (Å²) in [5.41, 5.74) is 3.59. The lowest BCUT2D eigenvalue weighted by Crippen LogP contribution is -2.12. The van der Waals surface area contributed by atoms with E-state index in [4.69, 9.17) is 0 Å². The number of amides is 1. The number of rotatable bonds is 4. The predicted octanol–water partition coefficient (Wildman–Crippen LogP) is 4.95. The molecule has 3 aromatic carbocycles. The van der Waals surface area contributed by atoms with Crippen molar-refractivity contribution in [2.45, 2.75) is 13.8 Å². The van der Waals surface area contributed by atoms with Crippen molar-refractivity contribution in [2.24, 2.45) is 0 Å². The molecule has 0 saturated heterocycles. The van der Waals surface area contributed by atoms with Crippen LogP contribution < -0.4 is 10.6 Å². The second-order valence-corrected chi connectivity index (χ2v) is 6.81. The van der Waals surface area contributed by atoms with Crippen LogP contribution in [0.4, 0.5) is 17.3 Å². The molecular formula is C23H20N4O2. The zero-order valence-corrected chi connectivity index (χ0v) is 16.1. The smallest absolute Gasteiger partial charge is 0.255 e. The van der Waals surface area contributed by atoms with Gasteiger partial charge in [0, 0.05) is 39.1 Å². The van der Waals surface area contributed by atoms with Crippen LogP contribution in [0, 0.1) is 13.8 Å². The molecule has 0 radical (unpaired) electrons. The molecule has 1 aromatic heterocycles. The highest BCUT2D eigenvalue weighted by molar-refractivity contribution is 6.10. The van der Waals surface area contributed by atoms with Crippen LogP contribution in [0.5, 0.6) is 5.75 Å². The first-order chi connectivity index (χ1) is 14.0. The Hall–Kier alpha value is -3.93. The average molecular weight is 384 g/mol. The fourth-order valence-electron chi connectivity index (χ4n) is 3.25. The van der Waals surface area contributed by atoms with Crippen molar-refractivity contribution in [3.63, 3.8) is 0 Å². The largest absolute Gasteiger partial charge is 0.507 e. The molecule has 0 unspecified atom stereocenters. The van der Waals surface area contributed by atoms with E-state index in [-0.39, 0.29) is 11.7 Å². The van der Waals surface area contributed by atoms with Crippen LogP contribution in [0.3, 0.4) is 0 Å². The first kappa shape index (κ1) is 18.4. The van der Waals surface area contributed by atoms with E-state index in [0.717, 1.165) is 22.5 Å². The first-order valence-corrected chi connectivity index (χ1v) is 9.21. The molecular weight excluding hydrogens is 364 g/mol. The van der Waals surface area contributed by atoms with Gasteiger partial charge in [0.2, 0.25) is 5.95 Å². The standard InChI is InChI=1S/C23H20N4O2/c1-14-12-15(2)25-23(24-14)26-17-7-3-6-16(13-17)22(29)27-20-10-4-9-19-18(20)8-5-11-21(19)28/h3-13,28H,1-2H3,(H,27,29)(H,24,25,26). The number of anilines is 3. The van der Waals surface area contributed by atoms with Gasteiger partial charge in [0.1, 0.15) is 5.75 Å². The number of hydrogen-bond donors (Lipinski definition) is 3. The van der Waals surface area contributed by atoms with E-state index in [1.807, 2.05) is 44.2 Å². The van der Waals surface area contributed by atoms with Crippen molar-refractivity contribution in [1.82, 2.24) is 9.97 Å². The Kier molecular flexibility index (Phi) is 4.83. The lowest BCUT2D eigenvalue weighted by atomic mass is 10.1. The van der Waals surface area contributed by atoms with Crippen molar-refractivity contribution < 1.29 is 9.90 Å². The third-order valence-electron chi connectivity index (χ3n) is 4.51. The van der Waals surface area contributed by atoms with E-state index < -0.39 is 0 Å². The Morgan fingerprint density at radius 3 is 2.34 bits per heavy atom. The van der Waals surface area contributed by atoms with E-state index >= 15 is 0 Å². The predicted molar refractivity (Wildman–Crippen MR) is 115 cm³/mol. The van der Waals surface area contributed by atoms with Gasteiger partial charge in [-0.3, -0.25) is 4.79 Å². The molecule has 6 nitrogen and oxygen atoms in total. The number of hydrogen-bond acceptors (Lipinski definition) is 5. The Bertz CT molecular complexity index is 1200. The van der Waals surface area contributed by atoms with Crippen LogP contribution >= 0.6 is 0 Å². The first-order valence-electron chi connectivity index (χ1n) is 9.21. The molecule has 0 atom stereocenters. The Balaban J connectivity index is 1.59. The van der Waals surface area contributed by atoms with E-state index in [9.17, 15) is 9.90 Å². The summed E-state index contributed by atoms with van der Waals surface area (Å²) in [7, 11) is 0. The number of benzene rings is 3. The van der Waals surface area contributed by atoms with Crippen LogP contribution in [0.15, 0.2) is 66.7 Å². The molecule has 4 rings (SSSR count). The zero-order valence-electron chi connectivity index (χ0n) is 16.1. The van der Waals surface area contributed by atoms with Gasteiger partial charge in [0.25, 0.3) is 5.91 Å². The van der Waals surface area contributed by atoms with Crippen molar-refractivity contribution >= 4 is 34.0 Å². The van der Waals surface area contributed by atoms with Crippen LogP contribution in [0.2, 0.25) is 0 Å². The molecule has 1 heterocycles. The summed E-state index contributed by atoms with van der Waals surface area (Å²) >= 11 is 0.